The van der Waals surface area contributed by atoms with Crippen molar-refractivity contribution in [2.24, 2.45) is 0 Å². The van der Waals surface area contributed by atoms with Crippen molar-refractivity contribution < 1.29 is 4.79 Å². The number of nitrogens with zero attached hydrogens (tertiary/aromatic N) is 1. The monoisotopic (exact) mass is 289 g/mol. The van der Waals surface area contributed by atoms with Crippen molar-refractivity contribution in [3.8, 4) is 0 Å². The molecule has 15 heavy (non-hydrogen) atoms. The summed E-state index contributed by atoms with van der Waals surface area (Å²) >= 11 is 21.8. The molecule has 0 bridgehead atoms. The predicted molar refractivity (Wildman–Crippen MR) is 66.7 cm³/mol. The van der Waals surface area contributed by atoms with Crippen molar-refractivity contribution in [1.82, 2.24) is 4.90 Å². The van der Waals surface area contributed by atoms with Crippen LogP contribution in [-0.2, 0) is 4.79 Å². The highest BCUT2D eigenvalue weighted by Gasteiger charge is 2.34. The van der Waals surface area contributed by atoms with Crippen LogP contribution in [0.5, 0.6) is 0 Å². The van der Waals surface area contributed by atoms with Crippen LogP contribution in [0.25, 0.3) is 0 Å². The van der Waals surface area contributed by atoms with E-state index in [4.69, 9.17) is 46.4 Å². The zero-order valence-corrected chi connectivity index (χ0v) is 11.2. The molecular weight excluding hydrogens is 280 g/mol. The zero-order valence-electron chi connectivity index (χ0n) is 8.14. The minimum Gasteiger partial charge on any atom is -0.331 e. The molecule has 0 radical (unpaired) electrons. The highest BCUT2D eigenvalue weighted by Crippen LogP contribution is 2.28. The Bertz CT molecular complexity index is 270. The van der Waals surface area contributed by atoms with Gasteiger partial charge in [-0.25, -0.2) is 0 Å². The normalized spacial score (nSPS) is 11.8. The van der Waals surface area contributed by atoms with Crippen LogP contribution >= 0.6 is 46.4 Å². The van der Waals surface area contributed by atoms with Gasteiger partial charge in [0, 0.05) is 18.6 Å². The Kier molecular flexibility index (Phi) is 6.69. The second-order valence-electron chi connectivity index (χ2n) is 3.00. The van der Waals surface area contributed by atoms with Gasteiger partial charge in [0.25, 0.3) is 9.70 Å². The fourth-order valence-electron chi connectivity index (χ4n) is 0.891. The summed E-state index contributed by atoms with van der Waals surface area (Å²) in [5.74, 6) is -0.592. The molecule has 1 amide bonds. The lowest BCUT2D eigenvalue weighted by Crippen LogP contribution is -2.40. The van der Waals surface area contributed by atoms with Gasteiger partial charge < -0.3 is 4.90 Å². The van der Waals surface area contributed by atoms with E-state index in [2.05, 4.69) is 6.58 Å². The van der Waals surface area contributed by atoms with E-state index in [1.54, 1.807) is 13.0 Å². The lowest BCUT2D eigenvalue weighted by atomic mass is 10.3. The standard InChI is InChI=1S/C9H11Cl4NO/c1-7(2)6-14(5-3-4-10)8(15)9(11,12)13/h3-4H,1,5-6H2,2H3/b4-3-. The summed E-state index contributed by atoms with van der Waals surface area (Å²) in [5.41, 5.74) is 2.09. The molecule has 6 heteroatoms. The van der Waals surface area contributed by atoms with Crippen molar-refractivity contribution in [2.45, 2.75) is 10.7 Å². The lowest BCUT2D eigenvalue weighted by Gasteiger charge is -2.24. The Labute approximate surface area is 109 Å². The Hall–Kier alpha value is 0.110. The molecule has 0 saturated carbocycles. The van der Waals surface area contributed by atoms with Gasteiger partial charge in [-0.15, -0.1) is 0 Å². The summed E-state index contributed by atoms with van der Waals surface area (Å²) in [6, 6.07) is 0. The van der Waals surface area contributed by atoms with Crippen LogP contribution in [0.15, 0.2) is 23.8 Å². The van der Waals surface area contributed by atoms with E-state index in [9.17, 15) is 4.79 Å². The van der Waals surface area contributed by atoms with E-state index in [0.29, 0.717) is 6.54 Å². The molecule has 0 N–H and O–H groups in total. The molecule has 0 aliphatic carbocycles. The molecule has 0 spiro atoms. The molecule has 0 aliphatic rings. The second-order valence-corrected chi connectivity index (χ2v) is 5.54. The first kappa shape index (κ1) is 15.1. The quantitative estimate of drug-likeness (QED) is 0.573. The Morgan fingerprint density at radius 2 is 2.00 bits per heavy atom. The summed E-state index contributed by atoms with van der Waals surface area (Å²) in [6.45, 7) is 6.08. The summed E-state index contributed by atoms with van der Waals surface area (Å²) < 4.78 is -1.95. The van der Waals surface area contributed by atoms with Crippen LogP contribution in [0.2, 0.25) is 0 Å². The maximum absolute atomic E-state index is 11.6. The van der Waals surface area contributed by atoms with Crippen LogP contribution < -0.4 is 0 Å². The molecule has 0 heterocycles. The third kappa shape index (κ3) is 6.31. The summed E-state index contributed by atoms with van der Waals surface area (Å²) in [4.78, 5) is 13.0. The molecule has 0 saturated heterocycles. The Morgan fingerprint density at radius 1 is 1.47 bits per heavy atom. The van der Waals surface area contributed by atoms with Gasteiger partial charge in [0.05, 0.1) is 0 Å². The first-order valence-corrected chi connectivity index (χ1v) is 5.61. The molecule has 86 valence electrons. The minimum atomic E-state index is -1.95. The SMILES string of the molecule is C=C(C)CN(C/C=C\Cl)C(=O)C(Cl)(Cl)Cl. The first-order chi connectivity index (χ1) is 6.79. The average molecular weight is 291 g/mol. The third-order valence-electron chi connectivity index (χ3n) is 1.41. The molecular formula is C9H11Cl4NO. The zero-order chi connectivity index (χ0) is 12.1. The van der Waals surface area contributed by atoms with Crippen LogP contribution in [0.1, 0.15) is 6.92 Å². The van der Waals surface area contributed by atoms with E-state index in [1.165, 1.54) is 10.4 Å². The second kappa shape index (κ2) is 6.64. The summed E-state index contributed by atoms with van der Waals surface area (Å²) in [5, 5.41) is 0. The summed E-state index contributed by atoms with van der Waals surface area (Å²) in [7, 11) is 0. The number of amides is 1. The molecule has 0 atom stereocenters. The number of alkyl halides is 3. The molecule has 0 aromatic heterocycles. The Balaban J connectivity index is 4.62. The molecule has 2 nitrogen and oxygen atoms in total. The van der Waals surface area contributed by atoms with E-state index in [-0.39, 0.29) is 6.54 Å². The van der Waals surface area contributed by atoms with Gasteiger partial charge in [0.1, 0.15) is 0 Å². The maximum atomic E-state index is 11.6. The number of hydrogen-bond donors (Lipinski definition) is 0. The van der Waals surface area contributed by atoms with Gasteiger partial charge in [0.2, 0.25) is 0 Å². The molecule has 0 fully saturated rings. The fourth-order valence-corrected chi connectivity index (χ4v) is 1.33. The van der Waals surface area contributed by atoms with Crippen molar-refractivity contribution >= 4 is 52.3 Å². The average Bonchev–Trinajstić information content (AvgIpc) is 2.09. The third-order valence-corrected chi connectivity index (χ3v) is 2.07. The Morgan fingerprint density at radius 3 is 2.33 bits per heavy atom. The summed E-state index contributed by atoms with van der Waals surface area (Å²) in [6.07, 6.45) is 1.58. The van der Waals surface area contributed by atoms with Gasteiger partial charge in [-0.1, -0.05) is 64.6 Å². The lowest BCUT2D eigenvalue weighted by molar-refractivity contribution is -0.129. The van der Waals surface area contributed by atoms with Crippen LogP contribution in [0.3, 0.4) is 0 Å². The number of hydrogen-bond acceptors (Lipinski definition) is 1. The molecule has 0 aliphatic heterocycles. The fraction of sp³-hybridized carbons (Fsp3) is 0.444. The van der Waals surface area contributed by atoms with Crippen molar-refractivity contribution in [3.63, 3.8) is 0 Å². The number of carbonyl (C=O) groups excluding carboxylic acids is 1. The van der Waals surface area contributed by atoms with E-state index < -0.39 is 9.70 Å². The number of rotatable bonds is 4. The molecule has 0 aromatic rings. The van der Waals surface area contributed by atoms with E-state index in [1.807, 2.05) is 0 Å². The number of carbonyl (C=O) groups is 1. The van der Waals surface area contributed by atoms with Crippen LogP contribution in [-0.4, -0.2) is 27.7 Å². The van der Waals surface area contributed by atoms with Crippen molar-refractivity contribution in [1.29, 1.82) is 0 Å². The highest BCUT2D eigenvalue weighted by atomic mass is 35.6. The van der Waals surface area contributed by atoms with Crippen molar-refractivity contribution in [2.75, 3.05) is 13.1 Å². The van der Waals surface area contributed by atoms with Gasteiger partial charge in [0.15, 0.2) is 0 Å². The largest absolute Gasteiger partial charge is 0.331 e. The molecule has 0 aromatic carbocycles. The van der Waals surface area contributed by atoms with Crippen LogP contribution in [0, 0.1) is 0 Å². The van der Waals surface area contributed by atoms with Gasteiger partial charge in [-0.2, -0.15) is 0 Å². The van der Waals surface area contributed by atoms with Gasteiger partial charge >= 0.3 is 0 Å². The van der Waals surface area contributed by atoms with Crippen LogP contribution in [0.4, 0.5) is 0 Å². The highest BCUT2D eigenvalue weighted by molar-refractivity contribution is 6.76. The van der Waals surface area contributed by atoms with E-state index in [0.717, 1.165) is 5.57 Å². The predicted octanol–water partition coefficient (Wildman–Crippen LogP) is 3.51. The topological polar surface area (TPSA) is 20.3 Å². The first-order valence-electron chi connectivity index (χ1n) is 4.04. The molecule has 0 unspecified atom stereocenters. The van der Waals surface area contributed by atoms with Gasteiger partial charge in [-0.05, 0) is 6.92 Å². The van der Waals surface area contributed by atoms with Crippen molar-refractivity contribution in [3.05, 3.63) is 23.8 Å². The van der Waals surface area contributed by atoms with Gasteiger partial charge in [-0.3, -0.25) is 4.79 Å². The maximum Gasteiger partial charge on any atom is 0.275 e. The smallest absolute Gasteiger partial charge is 0.275 e. The number of halogens is 4. The minimum absolute atomic E-state index is 0.281. The van der Waals surface area contributed by atoms with E-state index >= 15 is 0 Å². The molecule has 0 rings (SSSR count).